The summed E-state index contributed by atoms with van der Waals surface area (Å²) in [5.41, 5.74) is 5.36. The van der Waals surface area contributed by atoms with E-state index in [1.807, 2.05) is 13.0 Å². The quantitative estimate of drug-likeness (QED) is 0.310. The Morgan fingerprint density at radius 3 is 2.68 bits per heavy atom. The van der Waals surface area contributed by atoms with E-state index in [9.17, 15) is 14.7 Å². The first-order valence-corrected chi connectivity index (χ1v) is 9.84. The largest absolute Gasteiger partial charge is 0.388 e. The molecule has 7 nitrogen and oxygen atoms in total. The lowest BCUT2D eigenvalue weighted by Gasteiger charge is -2.27. The Hall–Kier alpha value is -2.09. The zero-order valence-electron chi connectivity index (χ0n) is 16.6. The molecule has 6 N–H and O–H groups in total. The van der Waals surface area contributed by atoms with Crippen LogP contribution in [0, 0.1) is 0 Å². The molecule has 1 rings (SSSR count). The van der Waals surface area contributed by atoms with Crippen LogP contribution in [0.25, 0.3) is 0 Å². The highest BCUT2D eigenvalue weighted by Gasteiger charge is 2.25. The van der Waals surface area contributed by atoms with Crippen LogP contribution in [0.15, 0.2) is 30.5 Å². The molecular formula is C20H31ClN4O3. The maximum absolute atomic E-state index is 12.6. The maximum atomic E-state index is 12.6. The topological polar surface area (TPSA) is 122 Å². The fraction of sp³-hybridized carbons (Fsp3) is 0.500. The van der Waals surface area contributed by atoms with Crippen LogP contribution in [0.3, 0.4) is 0 Å². The van der Waals surface area contributed by atoms with Crippen LogP contribution in [0.2, 0.25) is 5.02 Å². The van der Waals surface area contributed by atoms with Crippen molar-refractivity contribution in [2.24, 2.45) is 11.6 Å². The highest BCUT2D eigenvalue weighted by atomic mass is 35.5. The molecule has 0 heterocycles. The van der Waals surface area contributed by atoms with Gasteiger partial charge in [0.25, 0.3) is 5.91 Å². The average molecular weight is 411 g/mol. The second-order valence-electron chi connectivity index (χ2n) is 6.91. The average Bonchev–Trinajstić information content (AvgIpc) is 2.65. The molecule has 28 heavy (non-hydrogen) atoms. The molecule has 1 aromatic carbocycles. The summed E-state index contributed by atoms with van der Waals surface area (Å²) in [4.78, 5) is 23.4. The molecule has 0 saturated heterocycles. The second-order valence-corrected chi connectivity index (χ2v) is 7.31. The van der Waals surface area contributed by atoms with Gasteiger partial charge in [-0.15, -0.1) is 0 Å². The summed E-state index contributed by atoms with van der Waals surface area (Å²) in [6.45, 7) is 4.06. The third kappa shape index (κ3) is 8.29. The van der Waals surface area contributed by atoms with Gasteiger partial charge in [-0.25, -0.2) is 5.84 Å². The summed E-state index contributed by atoms with van der Waals surface area (Å²) < 4.78 is 0. The molecule has 0 radical (unpaired) electrons. The predicted molar refractivity (Wildman–Crippen MR) is 111 cm³/mol. The van der Waals surface area contributed by atoms with E-state index in [0.29, 0.717) is 29.8 Å². The fourth-order valence-corrected chi connectivity index (χ4v) is 2.87. The maximum Gasteiger partial charge on any atom is 0.252 e. The molecule has 1 atom stereocenters. The molecule has 1 unspecified atom stereocenters. The van der Waals surface area contributed by atoms with Gasteiger partial charge in [-0.2, -0.15) is 0 Å². The normalized spacial score (nSPS) is 13.3. The fourth-order valence-electron chi connectivity index (χ4n) is 2.67. The van der Waals surface area contributed by atoms with Crippen LogP contribution < -0.4 is 16.9 Å². The number of nitrogens with zero attached hydrogens (tertiary/aromatic N) is 1. The van der Waals surface area contributed by atoms with Crippen molar-refractivity contribution in [3.63, 3.8) is 0 Å². The molecule has 0 aliphatic carbocycles. The molecule has 2 amide bonds. The van der Waals surface area contributed by atoms with Crippen LogP contribution in [-0.2, 0) is 11.2 Å². The van der Waals surface area contributed by atoms with E-state index in [1.54, 1.807) is 24.4 Å². The minimum absolute atomic E-state index is 0.0802. The first kappa shape index (κ1) is 23.9. The highest BCUT2D eigenvalue weighted by molar-refractivity contribution is 6.33. The number of carbonyl (C=O) groups is 2. The van der Waals surface area contributed by atoms with Crippen molar-refractivity contribution in [1.82, 2.24) is 10.3 Å². The van der Waals surface area contributed by atoms with Crippen LogP contribution in [0.4, 0.5) is 0 Å². The van der Waals surface area contributed by atoms with E-state index < -0.39 is 11.5 Å². The van der Waals surface area contributed by atoms with E-state index in [1.165, 1.54) is 5.01 Å². The number of allylic oxidation sites excluding steroid dienone is 1. The lowest BCUT2D eigenvalue weighted by molar-refractivity contribution is -0.118. The Labute approximate surface area is 171 Å². The molecule has 0 saturated carbocycles. The summed E-state index contributed by atoms with van der Waals surface area (Å²) in [5, 5.41) is 14.9. The number of aliphatic hydroxyl groups is 1. The Kier molecular flexibility index (Phi) is 9.99. The second kappa shape index (κ2) is 11.7. The number of nitrogens with one attached hydrogen (secondary N) is 1. The molecule has 1 aromatic rings. The van der Waals surface area contributed by atoms with Crippen molar-refractivity contribution in [3.8, 4) is 0 Å². The summed E-state index contributed by atoms with van der Waals surface area (Å²) >= 11 is 6.18. The van der Waals surface area contributed by atoms with Gasteiger partial charge in [0.05, 0.1) is 16.2 Å². The lowest BCUT2D eigenvalue weighted by Crippen LogP contribution is -2.42. The molecule has 0 spiro atoms. The van der Waals surface area contributed by atoms with E-state index in [0.717, 1.165) is 18.4 Å². The number of hydrazine groups is 1. The molecule has 0 fully saturated rings. The van der Waals surface area contributed by atoms with Gasteiger partial charge in [0.1, 0.15) is 6.54 Å². The van der Waals surface area contributed by atoms with Gasteiger partial charge >= 0.3 is 0 Å². The minimum atomic E-state index is -0.913. The third-order valence-electron chi connectivity index (χ3n) is 4.50. The smallest absolute Gasteiger partial charge is 0.252 e. The number of carbonyl (C=O) groups excluding carboxylic acids is 2. The number of halogens is 1. The van der Waals surface area contributed by atoms with Crippen LogP contribution in [0.5, 0.6) is 0 Å². The zero-order valence-corrected chi connectivity index (χ0v) is 17.3. The highest BCUT2D eigenvalue weighted by Crippen LogP contribution is 2.20. The number of benzene rings is 1. The third-order valence-corrected chi connectivity index (χ3v) is 4.83. The Morgan fingerprint density at radius 2 is 2.07 bits per heavy atom. The molecule has 0 bridgehead atoms. The summed E-state index contributed by atoms with van der Waals surface area (Å²) in [6, 6.07) is 5.17. The van der Waals surface area contributed by atoms with Crippen molar-refractivity contribution in [2.45, 2.75) is 51.6 Å². The molecule has 0 aromatic heterocycles. The van der Waals surface area contributed by atoms with Crippen LogP contribution in [-0.4, -0.2) is 40.6 Å². The van der Waals surface area contributed by atoms with E-state index in [-0.39, 0.29) is 19.0 Å². The number of nitrogens with two attached hydrogens (primary N) is 2. The number of amides is 2. The first-order valence-electron chi connectivity index (χ1n) is 9.46. The molecule has 8 heteroatoms. The number of unbranched alkanes of at least 4 members (excludes halogenated alkanes) is 1. The first-order chi connectivity index (χ1) is 13.2. The van der Waals surface area contributed by atoms with E-state index in [2.05, 4.69) is 12.2 Å². The standard InChI is InChI=1S/C20H31ClN4O3/c1-3-5-10-20(28,4-2)14-24-19(27)16-12-15(8-9-17(16)21)7-6-11-25(23)13-18(22)26/h6,8-9,11-12,28H,3-5,7,10,13-14,23H2,1-2H3,(H2,22,26)(H,24,27)/b11-6-. The Balaban J connectivity index is 2.74. The Bertz CT molecular complexity index is 696. The molecule has 156 valence electrons. The van der Waals surface area contributed by atoms with Crippen LogP contribution in [0.1, 0.15) is 55.5 Å². The van der Waals surface area contributed by atoms with Gasteiger partial charge in [0.2, 0.25) is 5.91 Å². The summed E-state index contributed by atoms with van der Waals surface area (Å²) in [7, 11) is 0. The van der Waals surface area contributed by atoms with Crippen molar-refractivity contribution >= 4 is 23.4 Å². The summed E-state index contributed by atoms with van der Waals surface area (Å²) in [5.74, 6) is 4.76. The van der Waals surface area contributed by atoms with Crippen LogP contribution >= 0.6 is 11.6 Å². The molecule has 0 aliphatic heterocycles. The monoisotopic (exact) mass is 410 g/mol. The van der Waals surface area contributed by atoms with E-state index in [4.69, 9.17) is 23.2 Å². The Morgan fingerprint density at radius 1 is 1.36 bits per heavy atom. The van der Waals surface area contributed by atoms with E-state index >= 15 is 0 Å². The van der Waals surface area contributed by atoms with Gasteiger partial charge in [0, 0.05) is 12.7 Å². The molecular weight excluding hydrogens is 380 g/mol. The van der Waals surface area contributed by atoms with Crippen molar-refractivity contribution in [2.75, 3.05) is 13.1 Å². The van der Waals surface area contributed by atoms with Crippen molar-refractivity contribution in [3.05, 3.63) is 46.6 Å². The van der Waals surface area contributed by atoms with Gasteiger partial charge in [0.15, 0.2) is 0 Å². The number of hydrogen-bond donors (Lipinski definition) is 4. The van der Waals surface area contributed by atoms with Gasteiger partial charge in [-0.3, -0.25) is 9.59 Å². The SMILES string of the molecule is CCCCC(O)(CC)CNC(=O)c1cc(C/C=C\N(N)CC(N)=O)ccc1Cl. The lowest BCUT2D eigenvalue weighted by atomic mass is 9.93. The minimum Gasteiger partial charge on any atom is -0.388 e. The predicted octanol–water partition coefficient (Wildman–Crippen LogP) is 2.12. The van der Waals surface area contributed by atoms with Crippen molar-refractivity contribution < 1.29 is 14.7 Å². The van der Waals surface area contributed by atoms with Crippen molar-refractivity contribution in [1.29, 1.82) is 0 Å². The molecule has 0 aliphatic rings. The summed E-state index contributed by atoms with van der Waals surface area (Å²) in [6.07, 6.45) is 6.89. The van der Waals surface area contributed by atoms with Gasteiger partial charge in [-0.05, 0) is 37.0 Å². The number of hydrogen-bond acceptors (Lipinski definition) is 5. The number of primary amides is 1. The zero-order chi connectivity index (χ0) is 21.2. The van der Waals surface area contributed by atoms with Gasteiger partial charge < -0.3 is 21.2 Å². The van der Waals surface area contributed by atoms with Gasteiger partial charge in [-0.1, -0.05) is 50.4 Å². The number of rotatable bonds is 12.